The summed E-state index contributed by atoms with van der Waals surface area (Å²) in [5.74, 6) is -1.04. The van der Waals surface area contributed by atoms with Gasteiger partial charge in [0.15, 0.2) is 0 Å². The fourth-order valence-electron chi connectivity index (χ4n) is 4.34. The van der Waals surface area contributed by atoms with Crippen LogP contribution in [-0.2, 0) is 29.2 Å². The number of rotatable bonds is 12. The third-order valence-corrected chi connectivity index (χ3v) is 6.04. The second kappa shape index (κ2) is 12.8. The topological polar surface area (TPSA) is 150 Å². The Kier molecular flexibility index (Phi) is 8.98. The highest BCUT2D eigenvalue weighted by molar-refractivity contribution is 5.78. The van der Waals surface area contributed by atoms with Crippen LogP contribution in [0.2, 0.25) is 0 Å². The molecule has 1 fully saturated rings. The lowest BCUT2D eigenvalue weighted by atomic mass is 10.1. The average Bonchev–Trinajstić information content (AvgIpc) is 3.40. The van der Waals surface area contributed by atoms with Gasteiger partial charge < -0.3 is 20.1 Å². The Labute approximate surface area is 220 Å². The van der Waals surface area contributed by atoms with Gasteiger partial charge in [-0.25, -0.2) is 0 Å². The van der Waals surface area contributed by atoms with Gasteiger partial charge in [0.05, 0.1) is 11.5 Å². The van der Waals surface area contributed by atoms with E-state index in [4.69, 9.17) is 15.2 Å². The van der Waals surface area contributed by atoms with Crippen LogP contribution in [-0.4, -0.2) is 57.0 Å². The first-order valence-corrected chi connectivity index (χ1v) is 12.5. The number of hydrogen-bond donors (Lipinski definition) is 1. The second-order valence-electron chi connectivity index (χ2n) is 8.93. The number of aromatic nitrogens is 3. The number of nitrogens with two attached hydrogens (primary N) is 1. The highest BCUT2D eigenvalue weighted by Crippen LogP contribution is 2.34. The van der Waals surface area contributed by atoms with E-state index in [0.29, 0.717) is 0 Å². The van der Waals surface area contributed by atoms with E-state index in [2.05, 4.69) is 19.9 Å². The van der Waals surface area contributed by atoms with Crippen molar-refractivity contribution in [3.8, 4) is 6.01 Å². The lowest BCUT2D eigenvalue weighted by Crippen LogP contribution is -2.32. The molecule has 0 radical (unpaired) electrons. The van der Waals surface area contributed by atoms with E-state index in [1.807, 2.05) is 30.3 Å². The summed E-state index contributed by atoms with van der Waals surface area (Å²) in [5.41, 5.74) is 8.23. The van der Waals surface area contributed by atoms with Crippen molar-refractivity contribution in [3.05, 3.63) is 75.6 Å². The van der Waals surface area contributed by atoms with Gasteiger partial charge in [0.1, 0.15) is 13.2 Å². The number of likely N-dealkylation sites (tertiary alicyclic amines) is 1. The molecule has 1 aliphatic heterocycles. The first-order chi connectivity index (χ1) is 18.4. The standard InChI is InChI=1S/C26H31N7O5/c1-2-37-22(34)17-32(16-20-8-5-7-19(13-20)15-31-11-3-4-12-31)25-23(33(35)36)24(27)29-26(30-25)38-18-21-9-6-10-28-14-21/h5-10,13-14H,2-4,11-12,15-18H2,1H3,(H2,27,29,30). The van der Waals surface area contributed by atoms with Crippen LogP contribution in [0.25, 0.3) is 0 Å². The first-order valence-electron chi connectivity index (χ1n) is 12.5. The van der Waals surface area contributed by atoms with Gasteiger partial charge in [-0.2, -0.15) is 9.97 Å². The third kappa shape index (κ3) is 7.13. The lowest BCUT2D eigenvalue weighted by molar-refractivity contribution is -0.383. The van der Waals surface area contributed by atoms with Gasteiger partial charge in [0, 0.05) is 31.0 Å². The highest BCUT2D eigenvalue weighted by atomic mass is 16.6. The van der Waals surface area contributed by atoms with Gasteiger partial charge >= 0.3 is 17.7 Å². The Morgan fingerprint density at radius 3 is 2.63 bits per heavy atom. The molecular formula is C26H31N7O5. The van der Waals surface area contributed by atoms with Crippen molar-refractivity contribution in [1.82, 2.24) is 19.9 Å². The molecule has 2 N–H and O–H groups in total. The molecule has 0 amide bonds. The predicted octanol–water partition coefficient (Wildman–Crippen LogP) is 3.11. The maximum absolute atomic E-state index is 12.5. The maximum atomic E-state index is 12.5. The minimum absolute atomic E-state index is 0.0843. The van der Waals surface area contributed by atoms with Gasteiger partial charge in [-0.1, -0.05) is 30.3 Å². The Morgan fingerprint density at radius 2 is 1.92 bits per heavy atom. The van der Waals surface area contributed by atoms with Crippen molar-refractivity contribution < 1.29 is 19.2 Å². The summed E-state index contributed by atoms with van der Waals surface area (Å²) in [5, 5.41) is 12.0. The molecule has 0 unspecified atom stereocenters. The van der Waals surface area contributed by atoms with E-state index < -0.39 is 16.6 Å². The van der Waals surface area contributed by atoms with E-state index in [1.54, 1.807) is 25.4 Å². The molecule has 1 aromatic carbocycles. The minimum atomic E-state index is -0.655. The molecule has 4 rings (SSSR count). The molecule has 1 saturated heterocycles. The van der Waals surface area contributed by atoms with Gasteiger partial charge in [-0.05, 0) is 50.0 Å². The van der Waals surface area contributed by atoms with Gasteiger partial charge in [0.25, 0.3) is 0 Å². The number of esters is 1. The number of nitrogen functional groups attached to an aromatic ring is 1. The van der Waals surface area contributed by atoms with Crippen molar-refractivity contribution in [2.24, 2.45) is 0 Å². The minimum Gasteiger partial charge on any atom is -0.465 e. The largest absolute Gasteiger partial charge is 0.465 e. The Bertz CT molecular complexity index is 1250. The smallest absolute Gasteiger partial charge is 0.353 e. The molecule has 12 nitrogen and oxygen atoms in total. The van der Waals surface area contributed by atoms with Crippen LogP contribution in [0.5, 0.6) is 6.01 Å². The van der Waals surface area contributed by atoms with Crippen LogP contribution in [0.3, 0.4) is 0 Å². The molecule has 0 aliphatic carbocycles. The quantitative estimate of drug-likeness (QED) is 0.213. The summed E-state index contributed by atoms with van der Waals surface area (Å²) in [4.78, 5) is 40.1. The number of pyridine rings is 1. The fourth-order valence-corrected chi connectivity index (χ4v) is 4.34. The van der Waals surface area contributed by atoms with Crippen LogP contribution in [0.15, 0.2) is 48.8 Å². The van der Waals surface area contributed by atoms with E-state index >= 15 is 0 Å². The zero-order chi connectivity index (χ0) is 26.9. The van der Waals surface area contributed by atoms with Gasteiger partial charge in [-0.3, -0.25) is 24.8 Å². The van der Waals surface area contributed by atoms with Crippen molar-refractivity contribution in [1.29, 1.82) is 0 Å². The van der Waals surface area contributed by atoms with E-state index in [1.165, 1.54) is 17.7 Å². The summed E-state index contributed by atoms with van der Waals surface area (Å²) in [6.45, 7) is 4.78. The number of nitrogens with zero attached hydrogens (tertiary/aromatic N) is 6. The number of carbonyl (C=O) groups excluding carboxylic acids is 1. The van der Waals surface area contributed by atoms with Crippen LogP contribution in [0.1, 0.15) is 36.5 Å². The summed E-state index contributed by atoms with van der Waals surface area (Å²) in [6.07, 6.45) is 5.64. The molecule has 12 heteroatoms. The molecule has 38 heavy (non-hydrogen) atoms. The van der Waals surface area contributed by atoms with E-state index in [0.717, 1.165) is 36.3 Å². The predicted molar refractivity (Wildman–Crippen MR) is 140 cm³/mol. The van der Waals surface area contributed by atoms with Crippen molar-refractivity contribution in [2.45, 2.75) is 39.5 Å². The molecule has 2 aromatic heterocycles. The second-order valence-corrected chi connectivity index (χ2v) is 8.93. The van der Waals surface area contributed by atoms with Crippen LogP contribution in [0, 0.1) is 10.1 Å². The first kappa shape index (κ1) is 26.7. The molecule has 3 heterocycles. The SMILES string of the molecule is CCOC(=O)CN(Cc1cccc(CN2CCCC2)c1)c1nc(OCc2cccnc2)nc(N)c1[N+](=O)[O-]. The summed E-state index contributed by atoms with van der Waals surface area (Å²) >= 11 is 0. The Morgan fingerprint density at radius 1 is 1.16 bits per heavy atom. The van der Waals surface area contributed by atoms with E-state index in [9.17, 15) is 14.9 Å². The number of anilines is 2. The van der Waals surface area contributed by atoms with Gasteiger partial charge in [-0.15, -0.1) is 0 Å². The van der Waals surface area contributed by atoms with Gasteiger partial charge in [0.2, 0.25) is 11.6 Å². The molecule has 0 saturated carbocycles. The number of ether oxygens (including phenoxy) is 2. The number of hydrogen-bond acceptors (Lipinski definition) is 11. The van der Waals surface area contributed by atoms with Crippen molar-refractivity contribution in [2.75, 3.05) is 36.9 Å². The van der Waals surface area contributed by atoms with Crippen LogP contribution in [0.4, 0.5) is 17.3 Å². The molecule has 1 aliphatic rings. The van der Waals surface area contributed by atoms with Crippen LogP contribution >= 0.6 is 0 Å². The zero-order valence-corrected chi connectivity index (χ0v) is 21.3. The summed E-state index contributed by atoms with van der Waals surface area (Å²) in [7, 11) is 0. The van der Waals surface area contributed by atoms with Crippen LogP contribution < -0.4 is 15.4 Å². The van der Waals surface area contributed by atoms with E-state index in [-0.39, 0.29) is 43.9 Å². The lowest BCUT2D eigenvalue weighted by Gasteiger charge is -2.24. The zero-order valence-electron chi connectivity index (χ0n) is 21.3. The summed E-state index contributed by atoms with van der Waals surface area (Å²) in [6, 6.07) is 11.3. The number of carbonyl (C=O) groups is 1. The maximum Gasteiger partial charge on any atom is 0.353 e. The molecule has 0 atom stereocenters. The Hall–Kier alpha value is -4.32. The average molecular weight is 522 g/mol. The van der Waals surface area contributed by atoms with Crippen molar-refractivity contribution >= 4 is 23.3 Å². The number of nitro groups is 1. The molecular weight excluding hydrogens is 490 g/mol. The summed E-state index contributed by atoms with van der Waals surface area (Å²) < 4.78 is 10.8. The molecule has 3 aromatic rings. The highest BCUT2D eigenvalue weighted by Gasteiger charge is 2.30. The Balaban J connectivity index is 1.65. The third-order valence-electron chi connectivity index (χ3n) is 6.04. The normalized spacial score (nSPS) is 13.3. The fraction of sp³-hybridized carbons (Fsp3) is 0.385. The number of benzene rings is 1. The molecule has 200 valence electrons. The monoisotopic (exact) mass is 521 g/mol. The van der Waals surface area contributed by atoms with Crippen molar-refractivity contribution in [3.63, 3.8) is 0 Å². The molecule has 0 spiro atoms. The molecule has 0 bridgehead atoms.